The summed E-state index contributed by atoms with van der Waals surface area (Å²) in [7, 11) is 4.13. The SMILES string of the molecule is CCC(CN)C(c1ccc2[nH]c(=O)[nH]c2c1)N(C)C. The molecule has 0 aliphatic carbocycles. The van der Waals surface area contributed by atoms with E-state index in [4.69, 9.17) is 5.73 Å². The van der Waals surface area contributed by atoms with Gasteiger partial charge in [-0.2, -0.15) is 0 Å². The van der Waals surface area contributed by atoms with Crippen LogP contribution in [-0.4, -0.2) is 35.5 Å². The summed E-state index contributed by atoms with van der Waals surface area (Å²) in [6.07, 6.45) is 1.03. The minimum Gasteiger partial charge on any atom is -0.330 e. The molecule has 2 aromatic rings. The molecule has 2 unspecified atom stereocenters. The molecule has 5 nitrogen and oxygen atoms in total. The van der Waals surface area contributed by atoms with Gasteiger partial charge < -0.3 is 20.6 Å². The summed E-state index contributed by atoms with van der Waals surface area (Å²) in [5.74, 6) is 0.401. The maximum atomic E-state index is 11.3. The van der Waals surface area contributed by atoms with E-state index in [1.54, 1.807) is 0 Å². The van der Waals surface area contributed by atoms with Crippen LogP contribution in [0, 0.1) is 5.92 Å². The fourth-order valence-corrected chi connectivity index (χ4v) is 2.74. The minimum atomic E-state index is -0.167. The summed E-state index contributed by atoms with van der Waals surface area (Å²) in [6.45, 7) is 2.81. The highest BCUT2D eigenvalue weighted by atomic mass is 16.1. The minimum absolute atomic E-state index is 0.167. The number of aromatic nitrogens is 2. The Morgan fingerprint density at radius 2 is 1.95 bits per heavy atom. The van der Waals surface area contributed by atoms with Crippen LogP contribution in [0.15, 0.2) is 23.0 Å². The first kappa shape index (κ1) is 13.8. The summed E-state index contributed by atoms with van der Waals surface area (Å²) in [5.41, 5.74) is 8.59. The molecule has 0 amide bonds. The van der Waals surface area contributed by atoms with E-state index < -0.39 is 0 Å². The summed E-state index contributed by atoms with van der Waals surface area (Å²) in [4.78, 5) is 19.1. The van der Waals surface area contributed by atoms with Gasteiger partial charge in [0.2, 0.25) is 0 Å². The van der Waals surface area contributed by atoms with Crippen molar-refractivity contribution in [3.63, 3.8) is 0 Å². The molecule has 0 saturated carbocycles. The molecule has 5 heteroatoms. The molecule has 2 atom stereocenters. The molecule has 0 saturated heterocycles. The number of fused-ring (bicyclic) bond motifs is 1. The first-order valence-electron chi connectivity index (χ1n) is 6.65. The molecule has 19 heavy (non-hydrogen) atoms. The summed E-state index contributed by atoms with van der Waals surface area (Å²) < 4.78 is 0. The van der Waals surface area contributed by atoms with Crippen molar-refractivity contribution in [3.05, 3.63) is 34.2 Å². The quantitative estimate of drug-likeness (QED) is 0.763. The molecule has 0 aliphatic heterocycles. The van der Waals surface area contributed by atoms with Crippen LogP contribution in [0.2, 0.25) is 0 Å². The van der Waals surface area contributed by atoms with Crippen LogP contribution in [0.25, 0.3) is 11.0 Å². The van der Waals surface area contributed by atoms with Crippen molar-refractivity contribution in [3.8, 4) is 0 Å². The van der Waals surface area contributed by atoms with Gasteiger partial charge >= 0.3 is 5.69 Å². The van der Waals surface area contributed by atoms with Gasteiger partial charge in [0.1, 0.15) is 0 Å². The van der Waals surface area contributed by atoms with Gasteiger partial charge in [-0.1, -0.05) is 19.4 Å². The second kappa shape index (κ2) is 5.59. The molecular weight excluding hydrogens is 240 g/mol. The molecule has 0 spiro atoms. The van der Waals surface area contributed by atoms with Gasteiger partial charge in [0.05, 0.1) is 11.0 Å². The number of hydrogen-bond donors (Lipinski definition) is 3. The van der Waals surface area contributed by atoms with Gasteiger partial charge in [-0.05, 0) is 44.3 Å². The van der Waals surface area contributed by atoms with Crippen molar-refractivity contribution in [1.29, 1.82) is 0 Å². The van der Waals surface area contributed by atoms with Gasteiger partial charge in [-0.3, -0.25) is 0 Å². The number of nitrogens with zero attached hydrogens (tertiary/aromatic N) is 1. The Labute approximate surface area is 112 Å². The van der Waals surface area contributed by atoms with E-state index in [1.807, 2.05) is 12.1 Å². The molecule has 1 aromatic carbocycles. The Balaban J connectivity index is 2.46. The molecular formula is C14H22N4O. The third-order valence-electron chi connectivity index (χ3n) is 3.71. The largest absolute Gasteiger partial charge is 0.330 e. The second-order valence-corrected chi connectivity index (χ2v) is 5.20. The van der Waals surface area contributed by atoms with Gasteiger partial charge in [-0.25, -0.2) is 4.79 Å². The molecule has 1 aromatic heterocycles. The van der Waals surface area contributed by atoms with E-state index in [-0.39, 0.29) is 11.7 Å². The first-order chi connectivity index (χ1) is 9.06. The van der Waals surface area contributed by atoms with E-state index in [9.17, 15) is 4.79 Å². The zero-order valence-corrected chi connectivity index (χ0v) is 11.7. The van der Waals surface area contributed by atoms with Gasteiger partial charge in [0.15, 0.2) is 0 Å². The lowest BCUT2D eigenvalue weighted by molar-refractivity contribution is 0.211. The number of aromatic amines is 2. The number of imidazole rings is 1. The zero-order valence-electron chi connectivity index (χ0n) is 11.7. The number of H-pyrrole nitrogens is 2. The van der Waals surface area contributed by atoms with E-state index in [2.05, 4.69) is 42.0 Å². The van der Waals surface area contributed by atoms with E-state index in [1.165, 1.54) is 5.56 Å². The second-order valence-electron chi connectivity index (χ2n) is 5.20. The van der Waals surface area contributed by atoms with E-state index >= 15 is 0 Å². The molecule has 104 valence electrons. The summed E-state index contributed by atoms with van der Waals surface area (Å²) >= 11 is 0. The van der Waals surface area contributed by atoms with Crippen molar-refractivity contribution in [2.45, 2.75) is 19.4 Å². The summed E-state index contributed by atoms with van der Waals surface area (Å²) in [5, 5.41) is 0. The average Bonchev–Trinajstić information content (AvgIpc) is 2.74. The van der Waals surface area contributed by atoms with Crippen molar-refractivity contribution >= 4 is 11.0 Å². The van der Waals surface area contributed by atoms with E-state index in [0.717, 1.165) is 17.5 Å². The van der Waals surface area contributed by atoms with Crippen LogP contribution in [0.4, 0.5) is 0 Å². The lowest BCUT2D eigenvalue weighted by Crippen LogP contribution is -2.31. The zero-order chi connectivity index (χ0) is 14.0. The molecule has 0 fully saturated rings. The third-order valence-corrected chi connectivity index (χ3v) is 3.71. The van der Waals surface area contributed by atoms with Crippen LogP contribution >= 0.6 is 0 Å². The summed E-state index contributed by atoms with van der Waals surface area (Å²) in [6, 6.07) is 6.31. The number of rotatable bonds is 5. The highest BCUT2D eigenvalue weighted by Crippen LogP contribution is 2.29. The molecule has 0 aliphatic rings. The van der Waals surface area contributed by atoms with Crippen LogP contribution in [-0.2, 0) is 0 Å². The van der Waals surface area contributed by atoms with Crippen molar-refractivity contribution < 1.29 is 0 Å². The topological polar surface area (TPSA) is 77.9 Å². The highest BCUT2D eigenvalue weighted by molar-refractivity contribution is 5.75. The van der Waals surface area contributed by atoms with Crippen molar-refractivity contribution in [1.82, 2.24) is 14.9 Å². The third kappa shape index (κ3) is 2.72. The number of benzene rings is 1. The Kier molecular flexibility index (Phi) is 4.07. The van der Waals surface area contributed by atoms with Crippen molar-refractivity contribution in [2.75, 3.05) is 20.6 Å². The highest BCUT2D eigenvalue weighted by Gasteiger charge is 2.23. The Bertz CT molecular complexity index is 595. The first-order valence-corrected chi connectivity index (χ1v) is 6.65. The Morgan fingerprint density at radius 3 is 2.53 bits per heavy atom. The monoisotopic (exact) mass is 262 g/mol. The number of hydrogen-bond acceptors (Lipinski definition) is 3. The van der Waals surface area contributed by atoms with Gasteiger partial charge in [0.25, 0.3) is 0 Å². The van der Waals surface area contributed by atoms with Crippen LogP contribution in [0.3, 0.4) is 0 Å². The average molecular weight is 262 g/mol. The molecule has 0 radical (unpaired) electrons. The lowest BCUT2D eigenvalue weighted by Gasteiger charge is -2.31. The lowest BCUT2D eigenvalue weighted by atomic mass is 9.90. The maximum absolute atomic E-state index is 11.3. The molecule has 0 bridgehead atoms. The normalized spacial score (nSPS) is 15.0. The maximum Gasteiger partial charge on any atom is 0.323 e. The van der Waals surface area contributed by atoms with E-state index in [0.29, 0.717) is 12.5 Å². The van der Waals surface area contributed by atoms with Gasteiger partial charge in [0, 0.05) is 6.04 Å². The fourth-order valence-electron chi connectivity index (χ4n) is 2.74. The Morgan fingerprint density at radius 1 is 1.26 bits per heavy atom. The molecule has 2 rings (SSSR count). The fraction of sp³-hybridized carbons (Fsp3) is 0.500. The van der Waals surface area contributed by atoms with Gasteiger partial charge in [-0.15, -0.1) is 0 Å². The number of nitrogens with one attached hydrogen (secondary N) is 2. The Hall–Kier alpha value is -1.59. The van der Waals surface area contributed by atoms with Crippen LogP contribution in [0.5, 0.6) is 0 Å². The van der Waals surface area contributed by atoms with Crippen molar-refractivity contribution in [2.24, 2.45) is 11.7 Å². The number of nitrogens with two attached hydrogens (primary N) is 1. The standard InChI is InChI=1S/C14H22N4O/c1-4-9(8-15)13(18(2)3)10-5-6-11-12(7-10)17-14(19)16-11/h5-7,9,13H,4,8,15H2,1-3H3,(H2,16,17,19). The predicted molar refractivity (Wildman–Crippen MR) is 78.2 cm³/mol. The van der Waals surface area contributed by atoms with Crippen LogP contribution in [0.1, 0.15) is 24.9 Å². The smallest absolute Gasteiger partial charge is 0.323 e. The molecule has 1 heterocycles. The van der Waals surface area contributed by atoms with Crippen LogP contribution < -0.4 is 11.4 Å². The predicted octanol–water partition coefficient (Wildman–Crippen LogP) is 1.44. The molecule has 4 N–H and O–H groups in total.